The van der Waals surface area contributed by atoms with Gasteiger partial charge in [-0.1, -0.05) is 6.07 Å². The minimum Gasteiger partial charge on any atom is -0.370 e. The Balaban J connectivity index is 2.35. The molecule has 2 heterocycles. The van der Waals surface area contributed by atoms with Gasteiger partial charge in [0, 0.05) is 18.2 Å². The average Bonchev–Trinajstić information content (AvgIpc) is 2.42. The number of hydrogen-bond acceptors (Lipinski definition) is 5. The molecule has 0 fully saturated rings. The van der Waals surface area contributed by atoms with Crippen LogP contribution in [-0.2, 0) is 6.54 Å². The van der Waals surface area contributed by atoms with Crippen LogP contribution in [0.3, 0.4) is 0 Å². The van der Waals surface area contributed by atoms with Crippen LogP contribution < -0.4 is 10.9 Å². The Bertz CT molecular complexity index is 724. The van der Waals surface area contributed by atoms with Crippen LogP contribution >= 0.6 is 0 Å². The highest BCUT2D eigenvalue weighted by Crippen LogP contribution is 2.15. The molecule has 110 valence electrons. The molecule has 2 aromatic rings. The first-order chi connectivity index (χ1) is 10.0. The Morgan fingerprint density at radius 1 is 1.43 bits per heavy atom. The summed E-state index contributed by atoms with van der Waals surface area (Å²) in [5.41, 5.74) is 0.663. The fraction of sp³-hybridized carbons (Fsp3) is 0.286. The number of anilines is 1. The van der Waals surface area contributed by atoms with Crippen LogP contribution in [0.2, 0.25) is 0 Å². The lowest BCUT2D eigenvalue weighted by Crippen LogP contribution is -2.21. The monoisotopic (exact) mass is 288 g/mol. The summed E-state index contributed by atoms with van der Waals surface area (Å²) in [6.45, 7) is 4.45. The van der Waals surface area contributed by atoms with E-state index in [0.717, 1.165) is 6.54 Å². The number of pyridine rings is 2. The number of nitro groups is 1. The van der Waals surface area contributed by atoms with E-state index < -0.39 is 4.92 Å². The van der Waals surface area contributed by atoms with Crippen LogP contribution in [0.25, 0.3) is 0 Å². The largest absolute Gasteiger partial charge is 0.370 e. The van der Waals surface area contributed by atoms with Gasteiger partial charge in [0.2, 0.25) is 0 Å². The zero-order valence-corrected chi connectivity index (χ0v) is 11.9. The van der Waals surface area contributed by atoms with Crippen molar-refractivity contribution in [3.63, 3.8) is 0 Å². The lowest BCUT2D eigenvalue weighted by molar-refractivity contribution is -0.385. The minimum absolute atomic E-state index is 0.0718. The van der Waals surface area contributed by atoms with Gasteiger partial charge in [-0.2, -0.15) is 0 Å². The molecule has 0 saturated heterocycles. The molecule has 21 heavy (non-hydrogen) atoms. The van der Waals surface area contributed by atoms with Crippen molar-refractivity contribution in [1.29, 1.82) is 0 Å². The molecule has 2 aromatic heterocycles. The summed E-state index contributed by atoms with van der Waals surface area (Å²) in [5.74, 6) is 0.713. The number of aryl methyl sites for hydroxylation is 1. The molecule has 0 aliphatic carbocycles. The van der Waals surface area contributed by atoms with Gasteiger partial charge in [0.15, 0.2) is 0 Å². The first kappa shape index (κ1) is 14.7. The van der Waals surface area contributed by atoms with Crippen molar-refractivity contribution in [3.05, 3.63) is 62.2 Å². The van der Waals surface area contributed by atoms with Crippen LogP contribution in [0.4, 0.5) is 11.5 Å². The van der Waals surface area contributed by atoms with Gasteiger partial charge in [-0.25, -0.2) is 4.98 Å². The summed E-state index contributed by atoms with van der Waals surface area (Å²) in [7, 11) is 0. The Kier molecular flexibility index (Phi) is 4.32. The lowest BCUT2D eigenvalue weighted by Gasteiger charge is -2.08. The smallest absolute Gasteiger partial charge is 0.288 e. The Labute approximate surface area is 121 Å². The van der Waals surface area contributed by atoms with E-state index in [-0.39, 0.29) is 17.8 Å². The molecule has 0 amide bonds. The Hall–Kier alpha value is -2.70. The molecule has 1 N–H and O–H groups in total. The molecule has 0 saturated carbocycles. The van der Waals surface area contributed by atoms with E-state index >= 15 is 0 Å². The van der Waals surface area contributed by atoms with Gasteiger partial charge >= 0.3 is 0 Å². The fourth-order valence-corrected chi connectivity index (χ4v) is 1.99. The van der Waals surface area contributed by atoms with E-state index in [1.54, 1.807) is 13.0 Å². The van der Waals surface area contributed by atoms with Crippen molar-refractivity contribution in [2.75, 3.05) is 11.9 Å². The van der Waals surface area contributed by atoms with Crippen molar-refractivity contribution >= 4 is 11.5 Å². The van der Waals surface area contributed by atoms with E-state index in [2.05, 4.69) is 10.3 Å². The second kappa shape index (κ2) is 6.17. The van der Waals surface area contributed by atoms with Gasteiger partial charge in [-0.15, -0.1) is 0 Å². The fourth-order valence-electron chi connectivity index (χ4n) is 1.99. The summed E-state index contributed by atoms with van der Waals surface area (Å²) in [6.07, 6.45) is 1.26. The first-order valence-electron chi connectivity index (χ1n) is 6.56. The quantitative estimate of drug-likeness (QED) is 0.670. The minimum atomic E-state index is -0.492. The molecule has 0 atom stereocenters. The SMILES string of the molecule is CCNc1cccc(Cn2cc([N+](=O)[O-])c(C)cc2=O)n1. The number of nitrogens with zero attached hydrogens (tertiary/aromatic N) is 3. The zero-order chi connectivity index (χ0) is 15.4. The van der Waals surface area contributed by atoms with E-state index in [1.165, 1.54) is 16.8 Å². The molecule has 2 rings (SSSR count). The standard InChI is InChI=1S/C14H16N4O3/c1-3-15-13-6-4-5-11(16-13)8-17-9-12(18(20)21)10(2)7-14(17)19/h4-7,9H,3,8H2,1-2H3,(H,15,16). The molecule has 0 unspecified atom stereocenters. The molecular formula is C14H16N4O3. The van der Waals surface area contributed by atoms with Crippen molar-refractivity contribution < 1.29 is 4.92 Å². The van der Waals surface area contributed by atoms with E-state index in [9.17, 15) is 14.9 Å². The molecule has 0 radical (unpaired) electrons. The summed E-state index contributed by atoms with van der Waals surface area (Å²) >= 11 is 0. The van der Waals surface area contributed by atoms with E-state index in [0.29, 0.717) is 17.1 Å². The van der Waals surface area contributed by atoms with Crippen molar-refractivity contribution in [2.24, 2.45) is 0 Å². The van der Waals surface area contributed by atoms with Gasteiger partial charge in [0.05, 0.1) is 23.4 Å². The highest BCUT2D eigenvalue weighted by Gasteiger charge is 2.13. The first-order valence-corrected chi connectivity index (χ1v) is 6.56. The lowest BCUT2D eigenvalue weighted by atomic mass is 10.2. The molecule has 0 aromatic carbocycles. The predicted octanol–water partition coefficient (Wildman–Crippen LogP) is 1.94. The summed E-state index contributed by atoms with van der Waals surface area (Å²) in [6, 6.07) is 6.70. The van der Waals surface area contributed by atoms with Gasteiger partial charge in [0.1, 0.15) is 5.82 Å². The predicted molar refractivity (Wildman–Crippen MR) is 79.6 cm³/mol. The Morgan fingerprint density at radius 3 is 2.86 bits per heavy atom. The van der Waals surface area contributed by atoms with Crippen LogP contribution in [0, 0.1) is 17.0 Å². The number of aromatic nitrogens is 2. The maximum Gasteiger partial charge on any atom is 0.288 e. The number of rotatable bonds is 5. The molecule has 0 aliphatic rings. The Morgan fingerprint density at radius 2 is 2.19 bits per heavy atom. The third-order valence-corrected chi connectivity index (χ3v) is 3.00. The van der Waals surface area contributed by atoms with Crippen molar-refractivity contribution in [1.82, 2.24) is 9.55 Å². The third kappa shape index (κ3) is 3.44. The van der Waals surface area contributed by atoms with Crippen LogP contribution in [-0.4, -0.2) is 21.0 Å². The second-order valence-electron chi connectivity index (χ2n) is 4.61. The highest BCUT2D eigenvalue weighted by molar-refractivity contribution is 5.37. The highest BCUT2D eigenvalue weighted by atomic mass is 16.6. The van der Waals surface area contributed by atoms with Crippen molar-refractivity contribution in [3.8, 4) is 0 Å². The van der Waals surface area contributed by atoms with Crippen LogP contribution in [0.5, 0.6) is 0 Å². The maximum atomic E-state index is 11.9. The molecular weight excluding hydrogens is 272 g/mol. The average molecular weight is 288 g/mol. The van der Waals surface area contributed by atoms with Crippen LogP contribution in [0.15, 0.2) is 35.3 Å². The molecule has 0 bridgehead atoms. The van der Waals surface area contributed by atoms with Gasteiger partial charge in [-0.3, -0.25) is 14.9 Å². The number of nitrogens with one attached hydrogen (secondary N) is 1. The molecule has 0 aliphatic heterocycles. The van der Waals surface area contributed by atoms with E-state index in [4.69, 9.17) is 0 Å². The maximum absolute atomic E-state index is 11.9. The summed E-state index contributed by atoms with van der Waals surface area (Å²) in [4.78, 5) is 26.7. The van der Waals surface area contributed by atoms with E-state index in [1.807, 2.05) is 19.1 Å². The number of hydrogen-bond donors (Lipinski definition) is 1. The summed E-state index contributed by atoms with van der Waals surface area (Å²) < 4.78 is 1.29. The van der Waals surface area contributed by atoms with Crippen molar-refractivity contribution in [2.45, 2.75) is 20.4 Å². The van der Waals surface area contributed by atoms with Crippen LogP contribution in [0.1, 0.15) is 18.2 Å². The zero-order valence-electron chi connectivity index (χ0n) is 11.9. The topological polar surface area (TPSA) is 90.1 Å². The second-order valence-corrected chi connectivity index (χ2v) is 4.61. The molecule has 7 heteroatoms. The van der Waals surface area contributed by atoms with Gasteiger partial charge in [0.25, 0.3) is 11.2 Å². The van der Waals surface area contributed by atoms with Gasteiger partial charge < -0.3 is 9.88 Å². The normalized spacial score (nSPS) is 10.4. The third-order valence-electron chi connectivity index (χ3n) is 3.00. The summed E-state index contributed by atoms with van der Waals surface area (Å²) in [5, 5.41) is 14.0. The molecule has 7 nitrogen and oxygen atoms in total. The van der Waals surface area contributed by atoms with Gasteiger partial charge in [-0.05, 0) is 26.0 Å². The molecule has 0 spiro atoms.